The van der Waals surface area contributed by atoms with E-state index in [-0.39, 0.29) is 0 Å². The highest BCUT2D eigenvalue weighted by Gasteiger charge is 1.93. The lowest BCUT2D eigenvalue weighted by molar-refractivity contribution is 0.891. The third-order valence-electron chi connectivity index (χ3n) is 2.29. The quantitative estimate of drug-likeness (QED) is 0.723. The fourth-order valence-electron chi connectivity index (χ4n) is 1.37. The van der Waals surface area contributed by atoms with Gasteiger partial charge in [0, 0.05) is 44.3 Å². The predicted molar refractivity (Wildman–Crippen MR) is 63.6 cm³/mol. The highest BCUT2D eigenvalue weighted by Crippen LogP contribution is 1.95. The molecule has 2 aromatic heterocycles. The van der Waals surface area contributed by atoms with Gasteiger partial charge in [-0.1, -0.05) is 6.07 Å². The summed E-state index contributed by atoms with van der Waals surface area (Å²) in [6, 6.07) is 5.92. The van der Waals surface area contributed by atoms with E-state index in [9.17, 15) is 0 Å². The highest BCUT2D eigenvalue weighted by atomic mass is 15.0. The van der Waals surface area contributed by atoms with Crippen molar-refractivity contribution in [3.8, 4) is 0 Å². The minimum Gasteiger partial charge on any atom is -0.333 e. The second-order valence-electron chi connectivity index (χ2n) is 3.50. The second-order valence-corrected chi connectivity index (χ2v) is 3.50. The Morgan fingerprint density at radius 3 is 2.94 bits per heavy atom. The number of hydrogen-bond acceptors (Lipinski definition) is 3. The first-order valence-corrected chi connectivity index (χ1v) is 5.23. The Hall–Kier alpha value is -1.97. The van der Waals surface area contributed by atoms with Gasteiger partial charge in [-0.2, -0.15) is 0 Å². The van der Waals surface area contributed by atoms with Crippen LogP contribution in [0.3, 0.4) is 0 Å². The number of nitrogens with zero attached hydrogens (tertiary/aromatic N) is 4. The van der Waals surface area contributed by atoms with Crippen molar-refractivity contribution < 1.29 is 0 Å². The zero-order chi connectivity index (χ0) is 11.2. The molecule has 0 spiro atoms. The van der Waals surface area contributed by atoms with Gasteiger partial charge in [0.2, 0.25) is 0 Å². The molecule has 0 saturated carbocycles. The summed E-state index contributed by atoms with van der Waals surface area (Å²) in [5.74, 6) is 0.876. The summed E-state index contributed by atoms with van der Waals surface area (Å²) in [5, 5.41) is 0. The Kier molecular flexibility index (Phi) is 3.43. The molecule has 0 atom stereocenters. The monoisotopic (exact) mass is 214 g/mol. The van der Waals surface area contributed by atoms with E-state index in [2.05, 4.69) is 15.0 Å². The number of rotatable bonds is 4. The van der Waals surface area contributed by atoms with Gasteiger partial charge in [0.1, 0.15) is 5.82 Å². The molecule has 2 aromatic rings. The standard InChI is InChI=1S/C12H14N4/c1-16-9-8-15-12(16)10-13-7-5-11-4-2-3-6-14-11/h2-4,6,8-10H,5,7H2,1H3. The van der Waals surface area contributed by atoms with Crippen molar-refractivity contribution in [2.75, 3.05) is 6.54 Å². The van der Waals surface area contributed by atoms with Crippen LogP contribution in [0.1, 0.15) is 11.5 Å². The lowest BCUT2D eigenvalue weighted by Gasteiger charge is -1.96. The van der Waals surface area contributed by atoms with E-state index >= 15 is 0 Å². The molecule has 2 heterocycles. The van der Waals surface area contributed by atoms with Crippen LogP contribution < -0.4 is 0 Å². The predicted octanol–water partition coefficient (Wildman–Crippen LogP) is 1.48. The van der Waals surface area contributed by atoms with E-state index in [1.54, 1.807) is 18.6 Å². The fraction of sp³-hybridized carbons (Fsp3) is 0.250. The zero-order valence-electron chi connectivity index (χ0n) is 9.24. The van der Waals surface area contributed by atoms with Gasteiger partial charge in [0.05, 0.1) is 6.21 Å². The molecule has 0 aliphatic carbocycles. The molecule has 0 amide bonds. The van der Waals surface area contributed by atoms with Crippen LogP contribution in [0.5, 0.6) is 0 Å². The van der Waals surface area contributed by atoms with E-state index in [0.29, 0.717) is 0 Å². The van der Waals surface area contributed by atoms with Gasteiger partial charge < -0.3 is 4.57 Å². The van der Waals surface area contributed by atoms with Gasteiger partial charge in [0.25, 0.3) is 0 Å². The number of aliphatic imine (C=N–C) groups is 1. The van der Waals surface area contributed by atoms with Crippen molar-refractivity contribution in [2.45, 2.75) is 6.42 Å². The van der Waals surface area contributed by atoms with Crippen LogP contribution in [0.4, 0.5) is 0 Å². The fourth-order valence-corrected chi connectivity index (χ4v) is 1.37. The molecule has 0 saturated heterocycles. The summed E-state index contributed by atoms with van der Waals surface area (Å²) < 4.78 is 1.93. The van der Waals surface area contributed by atoms with Crippen LogP contribution in [0.2, 0.25) is 0 Å². The molecule has 16 heavy (non-hydrogen) atoms. The van der Waals surface area contributed by atoms with E-state index in [4.69, 9.17) is 0 Å². The zero-order valence-corrected chi connectivity index (χ0v) is 9.24. The number of hydrogen-bond donors (Lipinski definition) is 0. The molecule has 0 aromatic carbocycles. The summed E-state index contributed by atoms with van der Waals surface area (Å²) in [4.78, 5) is 12.7. The molecule has 82 valence electrons. The first-order chi connectivity index (χ1) is 7.86. The number of imidazole rings is 1. The van der Waals surface area contributed by atoms with Crippen molar-refractivity contribution in [3.63, 3.8) is 0 Å². The van der Waals surface area contributed by atoms with E-state index in [0.717, 1.165) is 24.5 Å². The van der Waals surface area contributed by atoms with E-state index in [1.165, 1.54) is 0 Å². The van der Waals surface area contributed by atoms with E-state index < -0.39 is 0 Å². The van der Waals surface area contributed by atoms with Crippen molar-refractivity contribution in [3.05, 3.63) is 48.3 Å². The van der Waals surface area contributed by atoms with Gasteiger partial charge in [-0.25, -0.2) is 4.98 Å². The lowest BCUT2D eigenvalue weighted by Crippen LogP contribution is -1.97. The molecule has 0 radical (unpaired) electrons. The average molecular weight is 214 g/mol. The van der Waals surface area contributed by atoms with Crippen LogP contribution >= 0.6 is 0 Å². The smallest absolute Gasteiger partial charge is 0.150 e. The molecular formula is C12H14N4. The van der Waals surface area contributed by atoms with Crippen molar-refractivity contribution in [2.24, 2.45) is 12.0 Å². The minimum absolute atomic E-state index is 0.740. The topological polar surface area (TPSA) is 43.1 Å². The average Bonchev–Trinajstić information content (AvgIpc) is 2.72. The van der Waals surface area contributed by atoms with Crippen LogP contribution in [0.15, 0.2) is 41.8 Å². The second kappa shape index (κ2) is 5.21. The number of aryl methyl sites for hydroxylation is 1. The molecule has 0 fully saturated rings. The maximum Gasteiger partial charge on any atom is 0.150 e. The Labute approximate surface area is 94.7 Å². The van der Waals surface area contributed by atoms with Crippen molar-refractivity contribution >= 4 is 6.21 Å². The van der Waals surface area contributed by atoms with Gasteiger partial charge in [-0.05, 0) is 12.1 Å². The summed E-state index contributed by atoms with van der Waals surface area (Å²) in [7, 11) is 1.95. The molecule has 2 rings (SSSR count). The third kappa shape index (κ3) is 2.76. The van der Waals surface area contributed by atoms with Gasteiger partial charge in [-0.3, -0.25) is 9.98 Å². The molecule has 4 heteroatoms. The van der Waals surface area contributed by atoms with Gasteiger partial charge >= 0.3 is 0 Å². The van der Waals surface area contributed by atoms with E-state index in [1.807, 2.05) is 36.0 Å². The Bertz CT molecular complexity index is 459. The first-order valence-electron chi connectivity index (χ1n) is 5.23. The van der Waals surface area contributed by atoms with Crippen molar-refractivity contribution in [1.29, 1.82) is 0 Å². The maximum absolute atomic E-state index is 4.32. The number of pyridine rings is 1. The minimum atomic E-state index is 0.740. The lowest BCUT2D eigenvalue weighted by atomic mass is 10.3. The van der Waals surface area contributed by atoms with Gasteiger partial charge in [-0.15, -0.1) is 0 Å². The molecule has 0 bridgehead atoms. The van der Waals surface area contributed by atoms with Gasteiger partial charge in [0.15, 0.2) is 0 Å². The summed E-state index contributed by atoms with van der Waals surface area (Å²) in [5.41, 5.74) is 1.07. The molecule has 0 N–H and O–H groups in total. The molecule has 4 nitrogen and oxygen atoms in total. The van der Waals surface area contributed by atoms with Crippen LogP contribution in [-0.2, 0) is 13.5 Å². The number of aromatic nitrogens is 3. The largest absolute Gasteiger partial charge is 0.333 e. The third-order valence-corrected chi connectivity index (χ3v) is 2.29. The normalized spacial score (nSPS) is 11.1. The Morgan fingerprint density at radius 1 is 1.31 bits per heavy atom. The van der Waals surface area contributed by atoms with Crippen molar-refractivity contribution in [1.82, 2.24) is 14.5 Å². The van der Waals surface area contributed by atoms with Crippen LogP contribution in [-0.4, -0.2) is 27.3 Å². The van der Waals surface area contributed by atoms with Crippen LogP contribution in [0, 0.1) is 0 Å². The summed E-state index contributed by atoms with van der Waals surface area (Å²) in [6.45, 7) is 0.740. The van der Waals surface area contributed by atoms with Crippen LogP contribution in [0.25, 0.3) is 0 Å². The molecular weight excluding hydrogens is 200 g/mol. The maximum atomic E-state index is 4.32. The molecule has 0 aliphatic rings. The molecule has 0 aliphatic heterocycles. The molecule has 0 unspecified atom stereocenters. The SMILES string of the molecule is Cn1ccnc1C=NCCc1ccccn1. The highest BCUT2D eigenvalue weighted by molar-refractivity contribution is 5.74. The Morgan fingerprint density at radius 2 is 2.25 bits per heavy atom. The first kappa shape index (κ1) is 10.5. The summed E-state index contributed by atoms with van der Waals surface area (Å²) in [6.07, 6.45) is 8.13. The Balaban J connectivity index is 1.85. The summed E-state index contributed by atoms with van der Waals surface area (Å²) >= 11 is 0.